The number of benzene rings is 2. The minimum Gasteiger partial charge on any atom is -0.326 e. The summed E-state index contributed by atoms with van der Waals surface area (Å²) in [6, 6.07) is 17.0. The van der Waals surface area contributed by atoms with Gasteiger partial charge < -0.3 is 4.90 Å². The summed E-state index contributed by atoms with van der Waals surface area (Å²) in [5.41, 5.74) is 3.02. The van der Waals surface area contributed by atoms with E-state index in [4.69, 9.17) is 0 Å². The first kappa shape index (κ1) is 18.4. The maximum Gasteiger partial charge on any atom is 0.274 e. The zero-order valence-electron chi connectivity index (χ0n) is 16.0. The summed E-state index contributed by atoms with van der Waals surface area (Å²) in [5.74, 6) is 0.261. The Labute approximate surface area is 167 Å². The molecule has 144 valence electrons. The van der Waals surface area contributed by atoms with Crippen molar-refractivity contribution in [2.75, 3.05) is 7.05 Å². The van der Waals surface area contributed by atoms with Crippen LogP contribution in [0, 0.1) is 6.92 Å². The van der Waals surface area contributed by atoms with Gasteiger partial charge in [0.1, 0.15) is 11.7 Å². The standard InChI is InChI=1S/C21H19N7O/c1-15-8-6-7-11-18(15)28-20(24-25-26-28)19(16-9-4-3-5-10-16)27(2)21(29)17-14-22-12-13-23-17/h3-14,19H,1-2H3. The lowest BCUT2D eigenvalue weighted by atomic mass is 10.0. The lowest BCUT2D eigenvalue weighted by molar-refractivity contribution is 0.0742. The van der Waals surface area contributed by atoms with Crippen LogP contribution in [-0.2, 0) is 0 Å². The van der Waals surface area contributed by atoms with E-state index in [-0.39, 0.29) is 11.6 Å². The number of aromatic nitrogens is 6. The Morgan fingerprint density at radius 2 is 1.79 bits per heavy atom. The Hall–Kier alpha value is -3.94. The second-order valence-corrected chi connectivity index (χ2v) is 6.56. The van der Waals surface area contributed by atoms with Gasteiger partial charge in [0.25, 0.3) is 5.91 Å². The Bertz CT molecular complexity index is 1110. The van der Waals surface area contributed by atoms with E-state index in [2.05, 4.69) is 25.5 Å². The molecule has 0 bridgehead atoms. The summed E-state index contributed by atoms with van der Waals surface area (Å²) in [6.45, 7) is 1.99. The molecule has 2 aromatic carbocycles. The molecule has 8 nitrogen and oxygen atoms in total. The molecule has 2 aromatic heterocycles. The SMILES string of the molecule is Cc1ccccc1-n1nnnc1C(c1ccccc1)N(C)C(=O)c1cnccn1. The van der Waals surface area contributed by atoms with Crippen molar-refractivity contribution in [1.29, 1.82) is 0 Å². The second-order valence-electron chi connectivity index (χ2n) is 6.56. The van der Waals surface area contributed by atoms with Crippen molar-refractivity contribution in [3.05, 3.63) is 95.8 Å². The normalized spacial score (nSPS) is 11.8. The van der Waals surface area contributed by atoms with Gasteiger partial charge in [0, 0.05) is 19.4 Å². The molecule has 0 aliphatic carbocycles. The minimum absolute atomic E-state index is 0.255. The number of rotatable bonds is 5. The van der Waals surface area contributed by atoms with Gasteiger partial charge in [-0.05, 0) is 34.5 Å². The highest BCUT2D eigenvalue weighted by atomic mass is 16.2. The average molecular weight is 385 g/mol. The van der Waals surface area contributed by atoms with Gasteiger partial charge in [0.15, 0.2) is 5.82 Å². The maximum absolute atomic E-state index is 13.1. The van der Waals surface area contributed by atoms with Gasteiger partial charge in [-0.25, -0.2) is 4.98 Å². The molecular weight excluding hydrogens is 366 g/mol. The Morgan fingerprint density at radius 3 is 2.52 bits per heavy atom. The summed E-state index contributed by atoms with van der Waals surface area (Å²) in [5, 5.41) is 12.4. The number of carbonyl (C=O) groups excluding carboxylic acids is 1. The van der Waals surface area contributed by atoms with Gasteiger partial charge in [-0.3, -0.25) is 9.78 Å². The number of nitrogens with zero attached hydrogens (tertiary/aromatic N) is 7. The van der Waals surface area contributed by atoms with Crippen LogP contribution in [0.5, 0.6) is 0 Å². The quantitative estimate of drug-likeness (QED) is 0.525. The first-order valence-electron chi connectivity index (χ1n) is 9.09. The fraction of sp³-hybridized carbons (Fsp3) is 0.143. The Morgan fingerprint density at radius 1 is 1.03 bits per heavy atom. The Balaban J connectivity index is 1.83. The monoisotopic (exact) mass is 385 g/mol. The molecule has 0 saturated heterocycles. The van der Waals surface area contributed by atoms with Crippen molar-refractivity contribution in [2.24, 2.45) is 0 Å². The highest BCUT2D eigenvalue weighted by molar-refractivity contribution is 5.92. The third-order valence-electron chi connectivity index (χ3n) is 4.69. The van der Waals surface area contributed by atoms with Gasteiger partial charge in [0.2, 0.25) is 0 Å². The molecule has 1 amide bonds. The van der Waals surface area contributed by atoms with Crippen molar-refractivity contribution in [3.8, 4) is 5.69 Å². The highest BCUT2D eigenvalue weighted by Gasteiger charge is 2.30. The third-order valence-corrected chi connectivity index (χ3v) is 4.69. The van der Waals surface area contributed by atoms with Gasteiger partial charge in [-0.15, -0.1) is 5.10 Å². The summed E-state index contributed by atoms with van der Waals surface area (Å²) >= 11 is 0. The number of aryl methyl sites for hydroxylation is 1. The summed E-state index contributed by atoms with van der Waals surface area (Å²) in [4.78, 5) is 22.8. The van der Waals surface area contributed by atoms with E-state index in [9.17, 15) is 4.79 Å². The molecule has 0 aliphatic heterocycles. The number of para-hydroxylation sites is 1. The van der Waals surface area contributed by atoms with Crippen molar-refractivity contribution in [3.63, 3.8) is 0 Å². The number of carbonyl (C=O) groups is 1. The lowest BCUT2D eigenvalue weighted by Gasteiger charge is -2.27. The van der Waals surface area contributed by atoms with Crippen molar-refractivity contribution >= 4 is 5.91 Å². The van der Waals surface area contributed by atoms with Gasteiger partial charge in [-0.2, -0.15) is 4.68 Å². The topological polar surface area (TPSA) is 89.7 Å². The molecule has 0 N–H and O–H groups in total. The zero-order chi connectivity index (χ0) is 20.2. The van der Waals surface area contributed by atoms with Crippen LogP contribution < -0.4 is 0 Å². The molecular formula is C21H19N7O. The van der Waals surface area contributed by atoms with Crippen LogP contribution in [-0.4, -0.2) is 48.0 Å². The van der Waals surface area contributed by atoms with Crippen LogP contribution in [0.4, 0.5) is 0 Å². The molecule has 4 rings (SSSR count). The predicted molar refractivity (Wildman–Crippen MR) is 106 cm³/mol. The van der Waals surface area contributed by atoms with Crippen LogP contribution in [0.2, 0.25) is 0 Å². The van der Waals surface area contributed by atoms with Crippen LogP contribution in [0.15, 0.2) is 73.2 Å². The first-order valence-corrected chi connectivity index (χ1v) is 9.09. The fourth-order valence-corrected chi connectivity index (χ4v) is 3.23. The average Bonchev–Trinajstić information content (AvgIpc) is 3.24. The predicted octanol–water partition coefficient (Wildman–Crippen LogP) is 2.62. The summed E-state index contributed by atoms with van der Waals surface area (Å²) < 4.78 is 1.67. The summed E-state index contributed by atoms with van der Waals surface area (Å²) in [6.07, 6.45) is 4.48. The van der Waals surface area contributed by atoms with E-state index in [0.717, 1.165) is 16.8 Å². The largest absolute Gasteiger partial charge is 0.326 e. The van der Waals surface area contributed by atoms with E-state index in [1.54, 1.807) is 16.6 Å². The van der Waals surface area contributed by atoms with E-state index < -0.39 is 6.04 Å². The van der Waals surface area contributed by atoms with Crippen LogP contribution >= 0.6 is 0 Å². The minimum atomic E-state index is -0.514. The van der Waals surface area contributed by atoms with Crippen molar-refractivity contribution in [2.45, 2.75) is 13.0 Å². The van der Waals surface area contributed by atoms with E-state index in [1.807, 2.05) is 61.5 Å². The Kier molecular flexibility index (Phi) is 5.07. The molecule has 1 atom stereocenters. The van der Waals surface area contributed by atoms with E-state index in [0.29, 0.717) is 5.82 Å². The van der Waals surface area contributed by atoms with Crippen LogP contribution in [0.25, 0.3) is 5.69 Å². The number of hydrogen-bond acceptors (Lipinski definition) is 6. The number of tetrazole rings is 1. The molecule has 2 heterocycles. The molecule has 1 unspecified atom stereocenters. The molecule has 0 spiro atoms. The molecule has 4 aromatic rings. The van der Waals surface area contributed by atoms with E-state index >= 15 is 0 Å². The second kappa shape index (κ2) is 7.97. The van der Waals surface area contributed by atoms with Gasteiger partial charge >= 0.3 is 0 Å². The first-order chi connectivity index (χ1) is 14.2. The smallest absolute Gasteiger partial charge is 0.274 e. The molecule has 8 heteroatoms. The fourth-order valence-electron chi connectivity index (χ4n) is 3.23. The molecule has 0 radical (unpaired) electrons. The van der Waals surface area contributed by atoms with Crippen molar-refractivity contribution < 1.29 is 4.79 Å². The lowest BCUT2D eigenvalue weighted by Crippen LogP contribution is -2.34. The summed E-state index contributed by atoms with van der Waals surface area (Å²) in [7, 11) is 1.71. The molecule has 0 aliphatic rings. The molecule has 29 heavy (non-hydrogen) atoms. The number of amides is 1. The van der Waals surface area contributed by atoms with Gasteiger partial charge in [0.05, 0.1) is 11.9 Å². The van der Waals surface area contributed by atoms with Gasteiger partial charge in [-0.1, -0.05) is 48.5 Å². The molecule has 0 saturated carbocycles. The molecule has 0 fully saturated rings. The third kappa shape index (κ3) is 3.60. The van der Waals surface area contributed by atoms with Crippen molar-refractivity contribution in [1.82, 2.24) is 35.1 Å². The maximum atomic E-state index is 13.1. The van der Waals surface area contributed by atoms with E-state index in [1.165, 1.54) is 18.6 Å². The van der Waals surface area contributed by atoms with Crippen LogP contribution in [0.3, 0.4) is 0 Å². The van der Waals surface area contributed by atoms with Crippen LogP contribution in [0.1, 0.15) is 33.5 Å². The number of hydrogen-bond donors (Lipinski definition) is 0. The zero-order valence-corrected chi connectivity index (χ0v) is 16.0. The highest BCUT2D eigenvalue weighted by Crippen LogP contribution is 2.28.